The van der Waals surface area contributed by atoms with Gasteiger partial charge in [-0.3, -0.25) is 5.14 Å². The largest absolute Gasteiger partial charge is 0.272 e. The summed E-state index contributed by atoms with van der Waals surface area (Å²) in [6.07, 6.45) is 10.6. The molecule has 0 radical (unpaired) electrons. The normalized spacial score (nSPS) is 10.6. The van der Waals surface area contributed by atoms with Gasteiger partial charge in [-0.2, -0.15) is 0 Å². The Morgan fingerprint density at radius 3 is 1.89 bits per heavy atom. The SMILES string of the molecule is CCCCCc1ccccc1CCCCC.NSc1nc2ccccc2s1. The van der Waals surface area contributed by atoms with E-state index in [1.807, 2.05) is 24.3 Å². The lowest BCUT2D eigenvalue weighted by Gasteiger charge is -2.08. The van der Waals surface area contributed by atoms with E-state index in [-0.39, 0.29) is 0 Å². The molecule has 1 aromatic heterocycles. The number of nitrogens with zero attached hydrogens (tertiary/aromatic N) is 1. The van der Waals surface area contributed by atoms with Crippen LogP contribution in [0.15, 0.2) is 52.9 Å². The quantitative estimate of drug-likeness (QED) is 0.300. The molecule has 2 nitrogen and oxygen atoms in total. The first kappa shape index (κ1) is 21.9. The number of benzene rings is 2. The zero-order valence-electron chi connectivity index (χ0n) is 16.6. The summed E-state index contributed by atoms with van der Waals surface area (Å²) in [5, 5.41) is 5.38. The molecule has 0 bridgehead atoms. The number of rotatable bonds is 9. The van der Waals surface area contributed by atoms with E-state index < -0.39 is 0 Å². The van der Waals surface area contributed by atoms with E-state index in [2.05, 4.69) is 43.1 Å². The van der Waals surface area contributed by atoms with Gasteiger partial charge in [-0.25, -0.2) is 4.98 Å². The molecule has 3 rings (SSSR count). The highest BCUT2D eigenvalue weighted by atomic mass is 32.2. The first-order valence-corrected chi connectivity index (χ1v) is 11.8. The summed E-state index contributed by atoms with van der Waals surface area (Å²) in [5.74, 6) is 0. The molecule has 0 amide bonds. The molecule has 0 aliphatic carbocycles. The van der Waals surface area contributed by atoms with Crippen molar-refractivity contribution in [2.24, 2.45) is 5.14 Å². The Balaban J connectivity index is 0.000000206. The molecule has 0 atom stereocenters. The third kappa shape index (κ3) is 7.65. The average molecular weight is 401 g/mol. The van der Waals surface area contributed by atoms with Crippen LogP contribution in [0, 0.1) is 0 Å². The van der Waals surface area contributed by atoms with Crippen molar-refractivity contribution in [2.75, 3.05) is 0 Å². The molecule has 0 saturated heterocycles. The van der Waals surface area contributed by atoms with Crippen molar-refractivity contribution >= 4 is 33.5 Å². The molecule has 0 unspecified atom stereocenters. The van der Waals surface area contributed by atoms with Crippen LogP contribution in [0.5, 0.6) is 0 Å². The van der Waals surface area contributed by atoms with Crippen molar-refractivity contribution in [1.82, 2.24) is 4.98 Å². The summed E-state index contributed by atoms with van der Waals surface area (Å²) in [5.41, 5.74) is 4.21. The molecule has 27 heavy (non-hydrogen) atoms. The van der Waals surface area contributed by atoms with E-state index >= 15 is 0 Å². The Morgan fingerprint density at radius 2 is 1.37 bits per heavy atom. The molecule has 3 aromatic rings. The zero-order chi connectivity index (χ0) is 19.3. The van der Waals surface area contributed by atoms with Crippen LogP contribution in [0.1, 0.15) is 63.5 Å². The number of aryl methyl sites for hydroxylation is 2. The molecular formula is C23H32N2S2. The zero-order valence-corrected chi connectivity index (χ0v) is 18.2. The van der Waals surface area contributed by atoms with Gasteiger partial charge in [0.2, 0.25) is 0 Å². The maximum absolute atomic E-state index is 5.38. The van der Waals surface area contributed by atoms with Gasteiger partial charge < -0.3 is 0 Å². The number of unbranched alkanes of at least 4 members (excludes halogenated alkanes) is 4. The first-order chi connectivity index (χ1) is 13.3. The van der Waals surface area contributed by atoms with Gasteiger partial charge in [0.05, 0.1) is 10.2 Å². The second-order valence-corrected chi connectivity index (χ2v) is 8.66. The summed E-state index contributed by atoms with van der Waals surface area (Å²) in [7, 11) is 0. The summed E-state index contributed by atoms with van der Waals surface area (Å²) >= 11 is 2.83. The van der Waals surface area contributed by atoms with Crippen LogP contribution in [-0.4, -0.2) is 4.98 Å². The Kier molecular flexibility index (Phi) is 10.5. The van der Waals surface area contributed by atoms with Gasteiger partial charge in [0.1, 0.15) is 0 Å². The molecule has 0 aliphatic rings. The highest BCUT2D eigenvalue weighted by molar-refractivity contribution is 7.99. The van der Waals surface area contributed by atoms with Crippen LogP contribution >= 0.6 is 23.3 Å². The second-order valence-electron chi connectivity index (χ2n) is 6.75. The molecule has 4 heteroatoms. The van der Waals surface area contributed by atoms with Crippen molar-refractivity contribution in [1.29, 1.82) is 0 Å². The van der Waals surface area contributed by atoms with E-state index in [1.54, 1.807) is 22.5 Å². The molecule has 0 spiro atoms. The van der Waals surface area contributed by atoms with Crippen LogP contribution in [0.4, 0.5) is 0 Å². The molecule has 1 heterocycles. The number of aromatic nitrogens is 1. The Hall–Kier alpha value is -1.36. The van der Waals surface area contributed by atoms with Gasteiger partial charge in [-0.15, -0.1) is 11.3 Å². The molecule has 2 N–H and O–H groups in total. The molecule has 0 saturated carbocycles. The summed E-state index contributed by atoms with van der Waals surface area (Å²) in [4.78, 5) is 4.29. The summed E-state index contributed by atoms with van der Waals surface area (Å²) in [6, 6.07) is 17.0. The minimum absolute atomic E-state index is 0.922. The predicted molar refractivity (Wildman–Crippen MR) is 123 cm³/mol. The van der Waals surface area contributed by atoms with Gasteiger partial charge in [0, 0.05) is 0 Å². The molecule has 2 aromatic carbocycles. The average Bonchev–Trinajstić information content (AvgIpc) is 3.13. The second kappa shape index (κ2) is 12.9. The van der Waals surface area contributed by atoms with E-state index in [9.17, 15) is 0 Å². The molecule has 0 aliphatic heterocycles. The highest BCUT2D eigenvalue weighted by Crippen LogP contribution is 2.26. The number of hydrogen-bond acceptors (Lipinski definition) is 4. The Morgan fingerprint density at radius 1 is 0.815 bits per heavy atom. The van der Waals surface area contributed by atoms with Crippen LogP contribution < -0.4 is 5.14 Å². The monoisotopic (exact) mass is 400 g/mol. The minimum atomic E-state index is 0.922. The van der Waals surface area contributed by atoms with Crippen molar-refractivity contribution in [3.8, 4) is 0 Å². The van der Waals surface area contributed by atoms with Crippen molar-refractivity contribution in [3.05, 3.63) is 59.7 Å². The van der Waals surface area contributed by atoms with Crippen molar-refractivity contribution in [3.63, 3.8) is 0 Å². The van der Waals surface area contributed by atoms with E-state index in [1.165, 1.54) is 68.0 Å². The smallest absolute Gasteiger partial charge is 0.165 e. The lowest BCUT2D eigenvalue weighted by molar-refractivity contribution is 0.693. The standard InChI is InChI=1S/C16H26.C7H6N2S2/c1-3-5-7-11-15-13-9-10-14-16(15)12-8-6-4-2;8-11-7-9-5-3-1-2-4-6(5)10-7/h9-10,13-14H,3-8,11-12H2,1-2H3;1-4H,8H2. The Labute approximate surface area is 172 Å². The third-order valence-electron chi connectivity index (χ3n) is 4.59. The molecular weight excluding hydrogens is 368 g/mol. The van der Waals surface area contributed by atoms with Crippen LogP contribution in [0.3, 0.4) is 0 Å². The van der Waals surface area contributed by atoms with Crippen LogP contribution in [0.2, 0.25) is 0 Å². The van der Waals surface area contributed by atoms with Crippen LogP contribution in [0.25, 0.3) is 10.2 Å². The number of para-hydroxylation sites is 1. The fourth-order valence-corrected chi connectivity index (χ4v) is 4.39. The van der Waals surface area contributed by atoms with Crippen molar-refractivity contribution < 1.29 is 0 Å². The van der Waals surface area contributed by atoms with Gasteiger partial charge in [0.15, 0.2) is 4.34 Å². The topological polar surface area (TPSA) is 38.9 Å². The third-order valence-corrected chi connectivity index (χ3v) is 6.26. The molecule has 0 fully saturated rings. The van der Waals surface area contributed by atoms with Crippen molar-refractivity contribution in [2.45, 2.75) is 69.6 Å². The summed E-state index contributed by atoms with van der Waals surface area (Å²) < 4.78 is 2.12. The predicted octanol–water partition coefficient (Wildman–Crippen LogP) is 7.41. The first-order valence-electron chi connectivity index (χ1n) is 10.1. The maximum Gasteiger partial charge on any atom is 0.165 e. The minimum Gasteiger partial charge on any atom is -0.272 e. The fourth-order valence-electron chi connectivity index (χ4n) is 3.08. The highest BCUT2D eigenvalue weighted by Gasteiger charge is 2.01. The number of hydrogen-bond donors (Lipinski definition) is 1. The van der Waals surface area contributed by atoms with E-state index in [0.29, 0.717) is 0 Å². The van der Waals surface area contributed by atoms with Gasteiger partial charge in [-0.1, -0.05) is 75.9 Å². The maximum atomic E-state index is 5.38. The Bertz CT molecular complexity index is 721. The van der Waals surface area contributed by atoms with Gasteiger partial charge in [-0.05, 0) is 60.9 Å². The van der Waals surface area contributed by atoms with E-state index in [4.69, 9.17) is 5.14 Å². The van der Waals surface area contributed by atoms with Crippen LogP contribution in [-0.2, 0) is 12.8 Å². The lowest BCUT2D eigenvalue weighted by atomic mass is 9.97. The molecule has 146 valence electrons. The number of fused-ring (bicyclic) bond motifs is 1. The fraction of sp³-hybridized carbons (Fsp3) is 0.435. The van der Waals surface area contributed by atoms with Gasteiger partial charge >= 0.3 is 0 Å². The van der Waals surface area contributed by atoms with E-state index in [0.717, 1.165) is 9.86 Å². The lowest BCUT2D eigenvalue weighted by Crippen LogP contribution is -1.94. The number of thiazole rings is 1. The van der Waals surface area contributed by atoms with Gasteiger partial charge in [0.25, 0.3) is 0 Å². The summed E-state index contributed by atoms with van der Waals surface area (Å²) in [6.45, 7) is 4.54. The number of nitrogens with two attached hydrogens (primary N) is 1.